The summed E-state index contributed by atoms with van der Waals surface area (Å²) in [6, 6.07) is 0.514. The molecule has 112 valence electrons. The molecule has 0 aromatic carbocycles. The van der Waals surface area contributed by atoms with Crippen molar-refractivity contribution in [2.24, 2.45) is 34.8 Å². The molecule has 4 fully saturated rings. The summed E-state index contributed by atoms with van der Waals surface area (Å²) in [5.41, 5.74) is 5.78. The summed E-state index contributed by atoms with van der Waals surface area (Å²) in [7, 11) is 0. The molecule has 0 radical (unpaired) electrons. The first-order valence-electron chi connectivity index (χ1n) is 8.76. The molecule has 0 aliphatic heterocycles. The van der Waals surface area contributed by atoms with Crippen LogP contribution in [0.3, 0.4) is 0 Å². The summed E-state index contributed by atoms with van der Waals surface area (Å²) in [6.07, 6.45) is 11.2. The third-order valence-electron chi connectivity index (χ3n) is 6.97. The van der Waals surface area contributed by atoms with E-state index in [1.807, 2.05) is 0 Å². The maximum Gasteiger partial charge on any atom is 0.227 e. The molecule has 0 saturated heterocycles. The van der Waals surface area contributed by atoms with E-state index in [0.29, 0.717) is 18.5 Å². The summed E-state index contributed by atoms with van der Waals surface area (Å²) in [5.74, 6) is 3.81. The van der Waals surface area contributed by atoms with Crippen molar-refractivity contribution >= 4 is 5.91 Å². The minimum Gasteiger partial charge on any atom is -0.352 e. The largest absolute Gasteiger partial charge is 0.352 e. The number of nitrogens with two attached hydrogens (primary N) is 1. The molecular formula is C17H28N2O. The van der Waals surface area contributed by atoms with Crippen LogP contribution in [0.15, 0.2) is 0 Å². The summed E-state index contributed by atoms with van der Waals surface area (Å²) in [4.78, 5) is 12.8. The molecule has 3 nitrogen and oxygen atoms in total. The van der Waals surface area contributed by atoms with Crippen molar-refractivity contribution in [2.75, 3.05) is 6.54 Å². The lowest BCUT2D eigenvalue weighted by molar-refractivity contribution is -0.131. The van der Waals surface area contributed by atoms with Gasteiger partial charge in [-0.15, -0.1) is 0 Å². The van der Waals surface area contributed by atoms with Gasteiger partial charge in [0.2, 0.25) is 5.91 Å². The number of hydrogen-bond donors (Lipinski definition) is 2. The third kappa shape index (κ3) is 1.85. The van der Waals surface area contributed by atoms with Gasteiger partial charge in [0.05, 0.1) is 5.41 Å². The highest BCUT2D eigenvalue weighted by molar-refractivity contribution is 5.83. The summed E-state index contributed by atoms with van der Waals surface area (Å²) < 4.78 is 0. The second-order valence-electron chi connectivity index (χ2n) is 7.89. The lowest BCUT2D eigenvalue weighted by Crippen LogP contribution is -2.47. The monoisotopic (exact) mass is 276 g/mol. The average Bonchev–Trinajstić information content (AvgIpc) is 2.94. The number of nitrogens with one attached hydrogen (secondary N) is 1. The van der Waals surface area contributed by atoms with Crippen LogP contribution < -0.4 is 11.1 Å². The van der Waals surface area contributed by atoms with E-state index in [1.54, 1.807) is 0 Å². The van der Waals surface area contributed by atoms with Gasteiger partial charge in [0.25, 0.3) is 0 Å². The van der Waals surface area contributed by atoms with Crippen LogP contribution in [0.1, 0.15) is 57.8 Å². The average molecular weight is 276 g/mol. The smallest absolute Gasteiger partial charge is 0.227 e. The van der Waals surface area contributed by atoms with Crippen molar-refractivity contribution in [1.82, 2.24) is 5.32 Å². The number of hydrogen-bond acceptors (Lipinski definition) is 2. The van der Waals surface area contributed by atoms with Crippen LogP contribution in [0.25, 0.3) is 0 Å². The number of carbonyl (C=O) groups is 1. The normalized spacial score (nSPS) is 44.8. The van der Waals surface area contributed by atoms with Crippen molar-refractivity contribution in [2.45, 2.75) is 63.8 Å². The maximum atomic E-state index is 12.8. The van der Waals surface area contributed by atoms with Crippen LogP contribution in [-0.4, -0.2) is 18.5 Å². The Labute approximate surface area is 122 Å². The minimum absolute atomic E-state index is 0.244. The number of carbonyl (C=O) groups excluding carboxylic acids is 1. The molecule has 3 N–H and O–H groups in total. The van der Waals surface area contributed by atoms with E-state index in [4.69, 9.17) is 5.73 Å². The quantitative estimate of drug-likeness (QED) is 0.778. The Morgan fingerprint density at radius 3 is 2.20 bits per heavy atom. The lowest BCUT2D eigenvalue weighted by Gasteiger charge is -2.30. The molecule has 20 heavy (non-hydrogen) atoms. The van der Waals surface area contributed by atoms with E-state index in [1.165, 1.54) is 44.9 Å². The molecule has 0 heterocycles. The number of fused-ring (bicyclic) bond motifs is 5. The Kier molecular flexibility index (Phi) is 3.10. The molecule has 4 unspecified atom stereocenters. The molecular weight excluding hydrogens is 248 g/mol. The van der Waals surface area contributed by atoms with Gasteiger partial charge in [0.15, 0.2) is 0 Å². The van der Waals surface area contributed by atoms with Crippen LogP contribution >= 0.6 is 0 Å². The first kappa shape index (κ1) is 13.1. The fraction of sp³-hybridized carbons (Fsp3) is 0.941. The van der Waals surface area contributed by atoms with Gasteiger partial charge < -0.3 is 11.1 Å². The van der Waals surface area contributed by atoms with Crippen LogP contribution in [0.4, 0.5) is 0 Å². The van der Waals surface area contributed by atoms with E-state index in [9.17, 15) is 4.79 Å². The maximum absolute atomic E-state index is 12.8. The van der Waals surface area contributed by atoms with E-state index in [0.717, 1.165) is 36.5 Å². The first-order valence-corrected chi connectivity index (χ1v) is 8.76. The van der Waals surface area contributed by atoms with Crippen LogP contribution in [-0.2, 0) is 4.79 Å². The van der Waals surface area contributed by atoms with Gasteiger partial charge in [-0.05, 0) is 55.8 Å². The zero-order valence-electron chi connectivity index (χ0n) is 12.4. The SMILES string of the molecule is NCC1(C(=O)NC2C3C4CCC(C4)C23)CCCCCC1. The highest BCUT2D eigenvalue weighted by Crippen LogP contribution is 2.65. The van der Waals surface area contributed by atoms with Gasteiger partial charge in [-0.25, -0.2) is 0 Å². The Morgan fingerprint density at radius 2 is 1.65 bits per heavy atom. The van der Waals surface area contributed by atoms with Crippen LogP contribution in [0.2, 0.25) is 0 Å². The molecule has 4 aliphatic rings. The van der Waals surface area contributed by atoms with E-state index in [-0.39, 0.29) is 5.41 Å². The molecule has 4 rings (SSSR count). The van der Waals surface area contributed by atoms with E-state index in [2.05, 4.69) is 5.32 Å². The minimum atomic E-state index is -0.244. The standard InChI is InChI=1S/C17H28N2O/c18-10-17(7-3-1-2-4-8-17)16(20)19-15-13-11-5-6-12(9-11)14(13)15/h11-15H,1-10,18H2,(H,19,20). The third-order valence-corrected chi connectivity index (χ3v) is 6.97. The molecule has 4 atom stereocenters. The molecule has 0 spiro atoms. The number of amides is 1. The van der Waals surface area contributed by atoms with E-state index >= 15 is 0 Å². The fourth-order valence-electron chi connectivity index (χ4n) is 5.75. The molecule has 0 aromatic heterocycles. The molecule has 4 aliphatic carbocycles. The van der Waals surface area contributed by atoms with Gasteiger partial charge in [0.1, 0.15) is 0 Å². The van der Waals surface area contributed by atoms with Crippen molar-refractivity contribution in [3.05, 3.63) is 0 Å². The van der Waals surface area contributed by atoms with Crippen LogP contribution in [0.5, 0.6) is 0 Å². The lowest BCUT2D eigenvalue weighted by atomic mass is 9.79. The Balaban J connectivity index is 1.42. The Hall–Kier alpha value is -0.570. The second-order valence-corrected chi connectivity index (χ2v) is 7.89. The van der Waals surface area contributed by atoms with Gasteiger partial charge in [-0.1, -0.05) is 25.7 Å². The number of rotatable bonds is 3. The zero-order valence-corrected chi connectivity index (χ0v) is 12.4. The van der Waals surface area contributed by atoms with Gasteiger partial charge >= 0.3 is 0 Å². The highest BCUT2D eigenvalue weighted by Gasteiger charge is 2.65. The fourth-order valence-corrected chi connectivity index (χ4v) is 5.75. The Bertz CT molecular complexity index is 384. The second kappa shape index (κ2) is 4.72. The van der Waals surface area contributed by atoms with E-state index < -0.39 is 0 Å². The van der Waals surface area contributed by atoms with Crippen molar-refractivity contribution in [3.8, 4) is 0 Å². The predicted octanol–water partition coefficient (Wildman–Crippen LogP) is 2.45. The highest BCUT2D eigenvalue weighted by atomic mass is 16.2. The molecule has 1 amide bonds. The van der Waals surface area contributed by atoms with Crippen molar-refractivity contribution in [3.63, 3.8) is 0 Å². The first-order chi connectivity index (χ1) is 9.75. The molecule has 3 heteroatoms. The summed E-state index contributed by atoms with van der Waals surface area (Å²) in [6.45, 7) is 0.535. The van der Waals surface area contributed by atoms with Gasteiger partial charge in [-0.3, -0.25) is 4.79 Å². The summed E-state index contributed by atoms with van der Waals surface area (Å²) in [5, 5.41) is 3.43. The summed E-state index contributed by atoms with van der Waals surface area (Å²) >= 11 is 0. The zero-order chi connectivity index (χ0) is 13.7. The van der Waals surface area contributed by atoms with Crippen LogP contribution in [0, 0.1) is 29.1 Å². The Morgan fingerprint density at radius 1 is 1.05 bits per heavy atom. The predicted molar refractivity (Wildman–Crippen MR) is 78.9 cm³/mol. The molecule has 0 aromatic rings. The van der Waals surface area contributed by atoms with Gasteiger partial charge in [0, 0.05) is 12.6 Å². The van der Waals surface area contributed by atoms with Gasteiger partial charge in [-0.2, -0.15) is 0 Å². The van der Waals surface area contributed by atoms with Crippen molar-refractivity contribution < 1.29 is 4.79 Å². The molecule has 4 saturated carbocycles. The van der Waals surface area contributed by atoms with Crippen molar-refractivity contribution in [1.29, 1.82) is 0 Å². The molecule has 2 bridgehead atoms. The topological polar surface area (TPSA) is 55.1 Å².